The van der Waals surface area contributed by atoms with Crippen LogP contribution >= 0.6 is 0 Å². The summed E-state index contributed by atoms with van der Waals surface area (Å²) < 4.78 is 0. The van der Waals surface area contributed by atoms with Gasteiger partial charge in [-0.1, -0.05) is 52.8 Å². The summed E-state index contributed by atoms with van der Waals surface area (Å²) in [5, 5.41) is 21.1. The maximum atomic E-state index is 12.9. The van der Waals surface area contributed by atoms with Crippen molar-refractivity contribution in [3.8, 4) is 0 Å². The number of aliphatic hydroxyl groups excluding tert-OH is 2. The molecule has 0 spiro atoms. The summed E-state index contributed by atoms with van der Waals surface area (Å²) in [6, 6.07) is 0. The summed E-state index contributed by atoms with van der Waals surface area (Å²) in [5.74, 6) is 1.83. The highest BCUT2D eigenvalue weighted by Crippen LogP contribution is 2.75. The first-order chi connectivity index (χ1) is 14.9. The number of fused-ring (bicyclic) bond motifs is 7. The second-order valence-electron chi connectivity index (χ2n) is 13.6. The summed E-state index contributed by atoms with van der Waals surface area (Å²) in [6.07, 6.45) is 10.8. The molecule has 0 bridgehead atoms. The molecule has 32 heavy (non-hydrogen) atoms. The molecule has 5 rings (SSSR count). The summed E-state index contributed by atoms with van der Waals surface area (Å²) in [7, 11) is 0. The lowest BCUT2D eigenvalue weighted by Gasteiger charge is -2.70. The molecule has 3 heteroatoms. The fourth-order valence-electron chi connectivity index (χ4n) is 10.1. The Bertz CT molecular complexity index is 885. The topological polar surface area (TPSA) is 57.5 Å². The largest absolute Gasteiger partial charge is 0.396 e. The van der Waals surface area contributed by atoms with Crippen LogP contribution in [0.3, 0.4) is 0 Å². The maximum absolute atomic E-state index is 12.9. The smallest absolute Gasteiger partial charge is 0.138 e. The van der Waals surface area contributed by atoms with E-state index in [-0.39, 0.29) is 33.7 Å². The number of carbonyl (C=O) groups is 1. The van der Waals surface area contributed by atoms with Crippen LogP contribution in [0.4, 0.5) is 0 Å². The van der Waals surface area contributed by atoms with Crippen molar-refractivity contribution >= 4 is 5.78 Å². The van der Waals surface area contributed by atoms with E-state index in [4.69, 9.17) is 0 Å². The van der Waals surface area contributed by atoms with Crippen LogP contribution < -0.4 is 0 Å². The van der Waals surface area contributed by atoms with Crippen LogP contribution in [0.5, 0.6) is 0 Å². The van der Waals surface area contributed by atoms with Gasteiger partial charge in [-0.25, -0.2) is 0 Å². The normalized spacial score (nSPS) is 52.3. The van der Waals surface area contributed by atoms with Crippen molar-refractivity contribution in [2.24, 2.45) is 44.8 Å². The third-order valence-corrected chi connectivity index (χ3v) is 12.4. The number of aliphatic hydroxyl groups is 2. The van der Waals surface area contributed by atoms with Gasteiger partial charge in [0.1, 0.15) is 5.78 Å². The van der Waals surface area contributed by atoms with Crippen molar-refractivity contribution in [1.29, 1.82) is 0 Å². The van der Waals surface area contributed by atoms with Crippen LogP contribution in [-0.2, 0) is 4.79 Å². The minimum atomic E-state index is -0.480. The fourth-order valence-corrected chi connectivity index (χ4v) is 10.1. The predicted octanol–water partition coefficient (Wildman–Crippen LogP) is 5.85. The number of allylic oxidation sites excluding steroid dienone is 2. The first kappa shape index (κ1) is 22.8. The molecule has 4 saturated carbocycles. The second kappa shape index (κ2) is 6.81. The van der Waals surface area contributed by atoms with Gasteiger partial charge in [0.15, 0.2) is 0 Å². The molecule has 0 aromatic rings. The summed E-state index contributed by atoms with van der Waals surface area (Å²) >= 11 is 0. The molecule has 0 radical (unpaired) electrons. The van der Waals surface area contributed by atoms with E-state index >= 15 is 0 Å². The first-order valence-electron chi connectivity index (χ1n) is 13.1. The highest BCUT2D eigenvalue weighted by Gasteiger charge is 2.68. The molecule has 3 nitrogen and oxygen atoms in total. The average Bonchev–Trinajstić information content (AvgIpc) is 2.73. The molecule has 4 fully saturated rings. The Hall–Kier alpha value is -0.930. The summed E-state index contributed by atoms with van der Waals surface area (Å²) in [6.45, 7) is 16.4. The van der Waals surface area contributed by atoms with Crippen molar-refractivity contribution in [2.45, 2.75) is 98.5 Å². The lowest BCUT2D eigenvalue weighted by Crippen LogP contribution is -2.64. The Balaban J connectivity index is 1.58. The van der Waals surface area contributed by atoms with Gasteiger partial charge in [-0.05, 0) is 90.9 Å². The highest BCUT2D eigenvalue weighted by atomic mass is 16.3. The van der Waals surface area contributed by atoms with Gasteiger partial charge in [0, 0.05) is 23.9 Å². The molecule has 0 aromatic heterocycles. The van der Waals surface area contributed by atoms with Crippen molar-refractivity contribution in [1.82, 2.24) is 0 Å². The summed E-state index contributed by atoms with van der Waals surface area (Å²) in [4.78, 5) is 12.9. The van der Waals surface area contributed by atoms with Gasteiger partial charge in [0.05, 0.1) is 6.10 Å². The minimum Gasteiger partial charge on any atom is -0.396 e. The van der Waals surface area contributed by atoms with Gasteiger partial charge >= 0.3 is 0 Å². The Kier molecular flexibility index (Phi) is 4.86. The number of hydrogen-bond acceptors (Lipinski definition) is 3. The Morgan fingerprint density at radius 1 is 1.06 bits per heavy atom. The predicted molar refractivity (Wildman–Crippen MR) is 128 cm³/mol. The second-order valence-corrected chi connectivity index (χ2v) is 13.6. The molecule has 0 amide bonds. The lowest BCUT2D eigenvalue weighted by atomic mass is 9.34. The molecular formula is C29H44O3. The molecule has 2 N–H and O–H groups in total. The van der Waals surface area contributed by atoms with Crippen LogP contribution in [-0.4, -0.2) is 28.7 Å². The third kappa shape index (κ3) is 2.59. The SMILES string of the molecule is C=C1C[C@H]2C3=CC[C@@H]4[C@@]5(C)CCC(=O)C(C)(C)[C@@H]5CC[C@@]4(C)[C@]3(C)CC[C@@]2(CO)C[C@@H]1O. The zero-order chi connectivity index (χ0) is 23.3. The Morgan fingerprint density at radius 3 is 2.47 bits per heavy atom. The number of rotatable bonds is 1. The summed E-state index contributed by atoms with van der Waals surface area (Å²) in [5.41, 5.74) is 2.61. The van der Waals surface area contributed by atoms with E-state index in [1.54, 1.807) is 5.57 Å². The molecule has 5 aliphatic carbocycles. The molecular weight excluding hydrogens is 396 g/mol. The molecule has 0 saturated heterocycles. The molecule has 8 atom stereocenters. The molecule has 5 aliphatic rings. The molecule has 178 valence electrons. The molecule has 0 heterocycles. The van der Waals surface area contributed by atoms with E-state index in [2.05, 4.69) is 47.3 Å². The average molecular weight is 441 g/mol. The van der Waals surface area contributed by atoms with E-state index in [9.17, 15) is 15.0 Å². The Morgan fingerprint density at radius 2 is 1.78 bits per heavy atom. The maximum Gasteiger partial charge on any atom is 0.138 e. The van der Waals surface area contributed by atoms with E-state index in [1.165, 1.54) is 6.42 Å². The van der Waals surface area contributed by atoms with Crippen molar-refractivity contribution in [3.63, 3.8) is 0 Å². The van der Waals surface area contributed by atoms with Gasteiger partial charge in [-0.2, -0.15) is 0 Å². The van der Waals surface area contributed by atoms with Crippen molar-refractivity contribution < 1.29 is 15.0 Å². The number of hydrogen-bond donors (Lipinski definition) is 2. The van der Waals surface area contributed by atoms with E-state index in [1.807, 2.05) is 0 Å². The quantitative estimate of drug-likeness (QED) is 0.503. The lowest BCUT2D eigenvalue weighted by molar-refractivity contribution is -0.185. The van der Waals surface area contributed by atoms with E-state index < -0.39 is 6.10 Å². The minimum absolute atomic E-state index is 0.113. The van der Waals surface area contributed by atoms with Crippen molar-refractivity contribution in [3.05, 3.63) is 23.8 Å². The highest BCUT2D eigenvalue weighted by molar-refractivity contribution is 5.85. The van der Waals surface area contributed by atoms with Crippen molar-refractivity contribution in [2.75, 3.05) is 6.61 Å². The fraction of sp³-hybridized carbons (Fsp3) is 0.828. The first-order valence-corrected chi connectivity index (χ1v) is 13.1. The standard InChI is InChI=1S/C29H44O3/c1-18-15-20-19-7-8-23-26(4)11-10-24(32)25(2,3)22(26)9-12-28(23,6)27(19,5)13-14-29(20,17-30)16-21(18)31/h7,20-23,30-31H,1,8-17H2,2-6H3/t20-,21-,22-,23+,26-,27+,28+,29-/m0/s1. The van der Waals surface area contributed by atoms with E-state index in [0.717, 1.165) is 50.5 Å². The van der Waals surface area contributed by atoms with Crippen LogP contribution in [0, 0.1) is 44.8 Å². The van der Waals surface area contributed by atoms with Gasteiger partial charge in [0.25, 0.3) is 0 Å². The van der Waals surface area contributed by atoms with Crippen LogP contribution in [0.1, 0.15) is 92.4 Å². The zero-order valence-electron chi connectivity index (χ0n) is 21.0. The third-order valence-electron chi connectivity index (χ3n) is 12.4. The number of ketones is 1. The number of Topliss-reactive ketones (excluding diaryl/α,β-unsaturated/α-hetero) is 1. The van der Waals surface area contributed by atoms with Crippen LogP contribution in [0.15, 0.2) is 23.8 Å². The monoisotopic (exact) mass is 440 g/mol. The van der Waals surface area contributed by atoms with Gasteiger partial charge < -0.3 is 10.2 Å². The van der Waals surface area contributed by atoms with Gasteiger partial charge in [-0.15, -0.1) is 0 Å². The van der Waals surface area contributed by atoms with Crippen LogP contribution in [0.25, 0.3) is 0 Å². The van der Waals surface area contributed by atoms with Gasteiger partial charge in [-0.3, -0.25) is 4.79 Å². The van der Waals surface area contributed by atoms with Gasteiger partial charge in [0.2, 0.25) is 0 Å². The molecule has 0 aromatic carbocycles. The zero-order valence-corrected chi connectivity index (χ0v) is 21.0. The Labute approximate surface area is 194 Å². The molecule has 0 aliphatic heterocycles. The van der Waals surface area contributed by atoms with E-state index in [0.29, 0.717) is 30.0 Å². The molecule has 0 unspecified atom stereocenters. The number of carbonyl (C=O) groups excluding carboxylic acids is 1. The van der Waals surface area contributed by atoms with Crippen LogP contribution in [0.2, 0.25) is 0 Å².